The number of carbonyl (C=O) groups excluding carboxylic acids is 1. The smallest absolute Gasteiger partial charge is 0.242 e. The Morgan fingerprint density at radius 3 is 2.43 bits per heavy atom. The molecule has 1 saturated carbocycles. The van der Waals surface area contributed by atoms with Crippen molar-refractivity contribution < 1.29 is 14.3 Å². The van der Waals surface area contributed by atoms with Crippen LogP contribution in [0.5, 0.6) is 11.5 Å². The van der Waals surface area contributed by atoms with E-state index in [-0.39, 0.29) is 18.5 Å². The number of benzene rings is 1. The van der Waals surface area contributed by atoms with Crippen LogP contribution in [0.1, 0.15) is 26.2 Å². The molecule has 2 aliphatic rings. The molecule has 0 radical (unpaired) electrons. The minimum atomic E-state index is -0.0174. The van der Waals surface area contributed by atoms with Crippen molar-refractivity contribution in [2.24, 2.45) is 4.99 Å². The first kappa shape index (κ1) is 20.1. The maximum atomic E-state index is 11.9. The number of carbonyl (C=O) groups is 1. The van der Waals surface area contributed by atoms with Crippen LogP contribution in [0.3, 0.4) is 0 Å². The van der Waals surface area contributed by atoms with Gasteiger partial charge in [0.1, 0.15) is 18.0 Å². The summed E-state index contributed by atoms with van der Waals surface area (Å²) in [6, 6.07) is 6.53. The van der Waals surface area contributed by atoms with Crippen molar-refractivity contribution in [2.75, 3.05) is 45.3 Å². The first-order valence-electron chi connectivity index (χ1n) is 9.93. The second kappa shape index (κ2) is 9.52. The van der Waals surface area contributed by atoms with Crippen molar-refractivity contribution in [3.8, 4) is 11.5 Å². The molecule has 1 aromatic carbocycles. The quantitative estimate of drug-likeness (QED) is 0.456. The lowest BCUT2D eigenvalue weighted by molar-refractivity contribution is -0.119. The van der Waals surface area contributed by atoms with Crippen molar-refractivity contribution in [1.82, 2.24) is 16.0 Å². The van der Waals surface area contributed by atoms with Crippen molar-refractivity contribution >= 4 is 17.6 Å². The normalized spacial score (nSPS) is 19.3. The molecule has 154 valence electrons. The van der Waals surface area contributed by atoms with Gasteiger partial charge in [-0.3, -0.25) is 4.79 Å². The highest BCUT2D eigenvalue weighted by molar-refractivity contribution is 5.85. The van der Waals surface area contributed by atoms with Crippen LogP contribution in [-0.4, -0.2) is 64.3 Å². The monoisotopic (exact) mass is 389 g/mol. The summed E-state index contributed by atoms with van der Waals surface area (Å²) in [5.74, 6) is 2.23. The molecule has 1 atom stereocenters. The van der Waals surface area contributed by atoms with Gasteiger partial charge in [-0.25, -0.2) is 4.99 Å². The SMILES string of the molecule is CCNC(=NCC(=O)NC1CC1)NC1CCN(c2cc(OC)cc(OC)c2)C1. The van der Waals surface area contributed by atoms with Gasteiger partial charge in [-0.15, -0.1) is 0 Å². The molecule has 1 aliphatic heterocycles. The van der Waals surface area contributed by atoms with Gasteiger partial charge in [0, 0.05) is 55.6 Å². The van der Waals surface area contributed by atoms with E-state index in [1.165, 1.54) is 0 Å². The van der Waals surface area contributed by atoms with Crippen molar-refractivity contribution in [3.63, 3.8) is 0 Å². The van der Waals surface area contributed by atoms with Crippen LogP contribution >= 0.6 is 0 Å². The van der Waals surface area contributed by atoms with E-state index < -0.39 is 0 Å². The number of rotatable bonds is 8. The van der Waals surface area contributed by atoms with E-state index in [1.807, 2.05) is 25.1 Å². The topological polar surface area (TPSA) is 87.2 Å². The molecular formula is C20H31N5O3. The Bertz CT molecular complexity index is 683. The average molecular weight is 390 g/mol. The van der Waals surface area contributed by atoms with E-state index in [1.54, 1.807) is 14.2 Å². The Labute approximate surface area is 166 Å². The molecule has 28 heavy (non-hydrogen) atoms. The molecule has 1 unspecified atom stereocenters. The fourth-order valence-corrected chi connectivity index (χ4v) is 3.25. The zero-order valence-electron chi connectivity index (χ0n) is 17.0. The Morgan fingerprint density at radius 1 is 1.11 bits per heavy atom. The molecule has 8 heteroatoms. The fourth-order valence-electron chi connectivity index (χ4n) is 3.25. The molecule has 3 rings (SSSR count). The van der Waals surface area contributed by atoms with E-state index in [0.717, 1.165) is 56.1 Å². The zero-order chi connectivity index (χ0) is 19.9. The molecule has 8 nitrogen and oxygen atoms in total. The average Bonchev–Trinajstić information content (AvgIpc) is 3.40. The molecule has 2 fully saturated rings. The summed E-state index contributed by atoms with van der Waals surface area (Å²) < 4.78 is 10.8. The van der Waals surface area contributed by atoms with Crippen molar-refractivity contribution in [2.45, 2.75) is 38.3 Å². The van der Waals surface area contributed by atoms with Gasteiger partial charge in [0.25, 0.3) is 0 Å². The Morgan fingerprint density at radius 2 is 1.82 bits per heavy atom. The second-order valence-corrected chi connectivity index (χ2v) is 7.18. The standard InChI is InChI=1S/C20H31N5O3/c1-4-21-20(22-12-19(26)23-14-5-6-14)24-15-7-8-25(13-15)16-9-17(27-2)11-18(10-16)28-3/h9-11,14-15H,4-8,12-13H2,1-3H3,(H,23,26)(H2,21,22,24). The molecule has 0 aromatic heterocycles. The van der Waals surface area contributed by atoms with E-state index in [2.05, 4.69) is 25.8 Å². The number of methoxy groups -OCH3 is 2. The zero-order valence-corrected chi connectivity index (χ0v) is 17.0. The molecule has 1 aromatic rings. The molecule has 3 N–H and O–H groups in total. The van der Waals surface area contributed by atoms with Gasteiger partial charge >= 0.3 is 0 Å². The molecule has 0 bridgehead atoms. The Hall–Kier alpha value is -2.64. The maximum absolute atomic E-state index is 11.9. The van der Waals surface area contributed by atoms with Crippen molar-refractivity contribution in [1.29, 1.82) is 0 Å². The highest BCUT2D eigenvalue weighted by Gasteiger charge is 2.25. The third kappa shape index (κ3) is 5.68. The van der Waals surface area contributed by atoms with Crippen LogP contribution < -0.4 is 30.3 Å². The van der Waals surface area contributed by atoms with Crippen LogP contribution in [0.2, 0.25) is 0 Å². The number of aliphatic imine (C=N–C) groups is 1. The van der Waals surface area contributed by atoms with Crippen molar-refractivity contribution in [3.05, 3.63) is 18.2 Å². The lowest BCUT2D eigenvalue weighted by atomic mass is 10.2. The number of ether oxygens (including phenoxy) is 2. The summed E-state index contributed by atoms with van der Waals surface area (Å²) in [7, 11) is 3.32. The van der Waals surface area contributed by atoms with Crippen LogP contribution in [0, 0.1) is 0 Å². The van der Waals surface area contributed by atoms with Crippen LogP contribution in [-0.2, 0) is 4.79 Å². The van der Waals surface area contributed by atoms with E-state index in [4.69, 9.17) is 9.47 Å². The number of anilines is 1. The number of guanidine groups is 1. The largest absolute Gasteiger partial charge is 0.497 e. The summed E-state index contributed by atoms with van der Waals surface area (Å²) >= 11 is 0. The second-order valence-electron chi connectivity index (χ2n) is 7.18. The molecule has 1 amide bonds. The predicted octanol–water partition coefficient (Wildman–Crippen LogP) is 1.12. The summed E-state index contributed by atoms with van der Waals surface area (Å²) in [6.07, 6.45) is 3.15. The number of nitrogens with one attached hydrogen (secondary N) is 3. The molecule has 1 aliphatic carbocycles. The highest BCUT2D eigenvalue weighted by atomic mass is 16.5. The summed E-state index contributed by atoms with van der Waals surface area (Å²) in [5, 5.41) is 9.64. The van der Waals surface area contributed by atoms with E-state index in [9.17, 15) is 4.79 Å². The van der Waals surface area contributed by atoms with Gasteiger partial charge in [-0.2, -0.15) is 0 Å². The summed E-state index contributed by atoms with van der Waals surface area (Å²) in [4.78, 5) is 18.6. The Balaban J connectivity index is 1.57. The minimum Gasteiger partial charge on any atom is -0.497 e. The van der Waals surface area contributed by atoms with Gasteiger partial charge in [-0.1, -0.05) is 0 Å². The number of amides is 1. The number of hydrogen-bond donors (Lipinski definition) is 3. The third-order valence-electron chi connectivity index (χ3n) is 4.90. The molecular weight excluding hydrogens is 358 g/mol. The lowest BCUT2D eigenvalue weighted by Crippen LogP contribution is -2.45. The van der Waals surface area contributed by atoms with Crippen LogP contribution in [0.15, 0.2) is 23.2 Å². The maximum Gasteiger partial charge on any atom is 0.242 e. The van der Waals surface area contributed by atoms with E-state index in [0.29, 0.717) is 12.0 Å². The third-order valence-corrected chi connectivity index (χ3v) is 4.90. The molecule has 0 spiro atoms. The highest BCUT2D eigenvalue weighted by Crippen LogP contribution is 2.30. The van der Waals surface area contributed by atoms with Gasteiger partial charge in [0.05, 0.1) is 14.2 Å². The van der Waals surface area contributed by atoms with Crippen LogP contribution in [0.25, 0.3) is 0 Å². The molecule has 1 saturated heterocycles. The van der Waals surface area contributed by atoms with Crippen LogP contribution in [0.4, 0.5) is 5.69 Å². The predicted molar refractivity (Wildman–Crippen MR) is 110 cm³/mol. The first-order chi connectivity index (χ1) is 13.6. The van der Waals surface area contributed by atoms with Gasteiger partial charge in [0.15, 0.2) is 5.96 Å². The van der Waals surface area contributed by atoms with E-state index >= 15 is 0 Å². The number of nitrogens with zero attached hydrogens (tertiary/aromatic N) is 2. The number of hydrogen-bond acceptors (Lipinski definition) is 5. The summed E-state index contributed by atoms with van der Waals surface area (Å²) in [6.45, 7) is 4.68. The minimum absolute atomic E-state index is 0.0174. The van der Waals surface area contributed by atoms with Gasteiger partial charge in [-0.05, 0) is 26.2 Å². The fraction of sp³-hybridized carbons (Fsp3) is 0.600. The lowest BCUT2D eigenvalue weighted by Gasteiger charge is -2.21. The Kier molecular flexibility index (Phi) is 6.84. The van der Waals surface area contributed by atoms with Gasteiger partial charge < -0.3 is 30.3 Å². The van der Waals surface area contributed by atoms with Gasteiger partial charge in [0.2, 0.25) is 5.91 Å². The molecule has 1 heterocycles. The first-order valence-corrected chi connectivity index (χ1v) is 9.93. The summed E-state index contributed by atoms with van der Waals surface area (Å²) in [5.41, 5.74) is 1.08.